The lowest BCUT2D eigenvalue weighted by atomic mass is 10.1. The topological polar surface area (TPSA) is 140 Å². The zero-order valence-electron chi connectivity index (χ0n) is 21.8. The Bertz CT molecular complexity index is 1220. The maximum atomic E-state index is 13.3. The van der Waals surface area contributed by atoms with E-state index in [4.69, 9.17) is 4.74 Å². The normalized spacial score (nSPS) is 13.4. The molecule has 10 nitrogen and oxygen atoms in total. The summed E-state index contributed by atoms with van der Waals surface area (Å²) in [6.07, 6.45) is 0.631. The minimum absolute atomic E-state index is 0.0336. The van der Waals surface area contributed by atoms with Gasteiger partial charge in [0.25, 0.3) is 0 Å². The number of benzene rings is 1. The molecule has 2 aromatic rings. The third-order valence-electron chi connectivity index (χ3n) is 5.11. The first-order valence-electron chi connectivity index (χ1n) is 11.4. The molecule has 0 saturated heterocycles. The Kier molecular flexibility index (Phi) is 8.08. The van der Waals surface area contributed by atoms with Gasteiger partial charge < -0.3 is 15.2 Å². The third kappa shape index (κ3) is 6.82. The van der Waals surface area contributed by atoms with Gasteiger partial charge in [-0.3, -0.25) is 4.79 Å². The minimum Gasteiger partial charge on any atom is -0.476 e. The van der Waals surface area contributed by atoms with Crippen molar-refractivity contribution in [3.8, 4) is 11.6 Å². The number of hydrogen-bond donors (Lipinski definition) is 3. The van der Waals surface area contributed by atoms with Gasteiger partial charge in [0.05, 0.1) is 5.54 Å². The summed E-state index contributed by atoms with van der Waals surface area (Å²) in [5.41, 5.74) is -1.07. The van der Waals surface area contributed by atoms with E-state index >= 15 is 0 Å². The van der Waals surface area contributed by atoms with Gasteiger partial charge >= 0.3 is 5.97 Å². The van der Waals surface area contributed by atoms with Crippen LogP contribution in [0.3, 0.4) is 0 Å². The number of rotatable bonds is 8. The molecule has 11 heteroatoms. The van der Waals surface area contributed by atoms with Crippen LogP contribution < -0.4 is 14.8 Å². The van der Waals surface area contributed by atoms with Crippen LogP contribution in [-0.2, 0) is 20.4 Å². The standard InChI is InChI=1S/C24H36N4O6S/c1-10-14(2)20(29)25-16-11-12-17(18(13-16)35(32,33)27-23(4,5)6)34-21-15(3)19(22(30)31)26-28(21)24(7,8)9/h11-14,27H,10H2,1-9H3,(H,25,29)(H,30,31). The molecule has 0 aliphatic rings. The van der Waals surface area contributed by atoms with Crippen LogP contribution in [0, 0.1) is 12.8 Å². The highest BCUT2D eigenvalue weighted by Crippen LogP contribution is 2.36. The van der Waals surface area contributed by atoms with Crippen LogP contribution in [0.4, 0.5) is 5.69 Å². The molecule has 1 atom stereocenters. The van der Waals surface area contributed by atoms with Gasteiger partial charge in [-0.05, 0) is 73.1 Å². The Hall–Kier alpha value is -2.92. The molecule has 1 amide bonds. The fraction of sp³-hybridized carbons (Fsp3) is 0.542. The van der Waals surface area contributed by atoms with Gasteiger partial charge in [-0.2, -0.15) is 5.10 Å². The highest BCUT2D eigenvalue weighted by Gasteiger charge is 2.31. The van der Waals surface area contributed by atoms with Crippen molar-refractivity contribution in [2.75, 3.05) is 5.32 Å². The lowest BCUT2D eigenvalue weighted by molar-refractivity contribution is -0.119. The molecule has 1 aromatic heterocycles. The van der Waals surface area contributed by atoms with Crippen molar-refractivity contribution in [1.82, 2.24) is 14.5 Å². The monoisotopic (exact) mass is 508 g/mol. The SMILES string of the molecule is CCC(C)C(=O)Nc1ccc(Oc2c(C)c(C(=O)O)nn2C(C)(C)C)c(S(=O)(=O)NC(C)(C)C)c1. The molecule has 1 heterocycles. The first kappa shape index (κ1) is 28.3. The number of hydrogen-bond acceptors (Lipinski definition) is 6. The van der Waals surface area contributed by atoms with E-state index in [1.165, 1.54) is 22.9 Å². The smallest absolute Gasteiger partial charge is 0.356 e. The number of carboxylic acids is 1. The second-order valence-electron chi connectivity index (χ2n) is 10.6. The van der Waals surface area contributed by atoms with Crippen molar-refractivity contribution in [3.63, 3.8) is 0 Å². The lowest BCUT2D eigenvalue weighted by Gasteiger charge is -2.24. The molecule has 0 fully saturated rings. The number of carbonyl (C=O) groups is 2. The maximum Gasteiger partial charge on any atom is 0.356 e. The molecule has 2 rings (SSSR count). The molecule has 194 valence electrons. The van der Waals surface area contributed by atoms with Crippen LogP contribution >= 0.6 is 0 Å². The maximum absolute atomic E-state index is 13.3. The fourth-order valence-electron chi connectivity index (χ4n) is 3.15. The van der Waals surface area contributed by atoms with Crippen molar-refractivity contribution < 1.29 is 27.9 Å². The van der Waals surface area contributed by atoms with Crippen LogP contribution in [0.15, 0.2) is 23.1 Å². The summed E-state index contributed by atoms with van der Waals surface area (Å²) in [7, 11) is -4.10. The first-order chi connectivity index (χ1) is 15.9. The molecule has 0 aliphatic heterocycles. The van der Waals surface area contributed by atoms with Crippen LogP contribution in [-0.4, -0.2) is 40.7 Å². The van der Waals surface area contributed by atoms with Gasteiger partial charge in [0, 0.05) is 22.7 Å². The Labute approximate surface area is 207 Å². The molecule has 35 heavy (non-hydrogen) atoms. The highest BCUT2D eigenvalue weighted by molar-refractivity contribution is 7.89. The number of nitrogens with one attached hydrogen (secondary N) is 2. The zero-order valence-corrected chi connectivity index (χ0v) is 22.6. The van der Waals surface area contributed by atoms with Gasteiger partial charge in [-0.15, -0.1) is 0 Å². The number of ether oxygens (including phenoxy) is 1. The summed E-state index contributed by atoms with van der Waals surface area (Å²) in [5, 5.41) is 16.5. The number of sulfonamides is 1. The molecular weight excluding hydrogens is 472 g/mol. The quantitative estimate of drug-likeness (QED) is 0.477. The van der Waals surface area contributed by atoms with Gasteiger partial charge in [0.1, 0.15) is 10.6 Å². The van der Waals surface area contributed by atoms with Crippen LogP contribution in [0.25, 0.3) is 0 Å². The molecule has 0 aliphatic carbocycles. The number of amides is 1. The zero-order chi connectivity index (χ0) is 26.9. The number of aromatic carboxylic acids is 1. The average Bonchev–Trinajstić information content (AvgIpc) is 3.03. The van der Waals surface area contributed by atoms with Crippen molar-refractivity contribution in [3.05, 3.63) is 29.5 Å². The van der Waals surface area contributed by atoms with Crippen LogP contribution in [0.5, 0.6) is 11.6 Å². The summed E-state index contributed by atoms with van der Waals surface area (Å²) < 4.78 is 36.8. The van der Waals surface area contributed by atoms with Crippen LogP contribution in [0.2, 0.25) is 0 Å². The fourth-order valence-corrected chi connectivity index (χ4v) is 4.72. The molecule has 3 N–H and O–H groups in total. The van der Waals surface area contributed by atoms with Gasteiger partial charge in [-0.1, -0.05) is 13.8 Å². The molecule has 1 aromatic carbocycles. The number of anilines is 1. The number of nitrogens with zero attached hydrogens (tertiary/aromatic N) is 2. The summed E-state index contributed by atoms with van der Waals surface area (Å²) in [5.74, 6) is -1.63. The molecule has 0 bridgehead atoms. The minimum atomic E-state index is -4.10. The second-order valence-corrected chi connectivity index (χ2v) is 12.2. The second kappa shape index (κ2) is 9.98. The third-order valence-corrected chi connectivity index (χ3v) is 6.89. The Morgan fingerprint density at radius 1 is 1.17 bits per heavy atom. The number of carboxylic acid groups (broad SMARTS) is 1. The largest absolute Gasteiger partial charge is 0.476 e. The highest BCUT2D eigenvalue weighted by atomic mass is 32.2. The number of aromatic nitrogens is 2. The van der Waals surface area contributed by atoms with E-state index in [-0.39, 0.29) is 39.6 Å². The molecule has 0 saturated carbocycles. The van der Waals surface area contributed by atoms with E-state index in [9.17, 15) is 23.1 Å². The average molecular weight is 509 g/mol. The van der Waals surface area contributed by atoms with Gasteiger partial charge in [0.2, 0.25) is 21.8 Å². The van der Waals surface area contributed by atoms with Crippen molar-refractivity contribution in [2.24, 2.45) is 5.92 Å². The number of carbonyl (C=O) groups excluding carboxylic acids is 1. The van der Waals surface area contributed by atoms with E-state index < -0.39 is 27.1 Å². The van der Waals surface area contributed by atoms with Gasteiger partial charge in [-0.25, -0.2) is 22.6 Å². The molecule has 1 unspecified atom stereocenters. The summed E-state index contributed by atoms with van der Waals surface area (Å²) in [6.45, 7) is 15.8. The van der Waals surface area contributed by atoms with E-state index in [1.807, 2.05) is 27.7 Å². The van der Waals surface area contributed by atoms with Crippen LogP contribution in [0.1, 0.15) is 77.9 Å². The Balaban J connectivity index is 2.69. The van der Waals surface area contributed by atoms with E-state index in [0.29, 0.717) is 12.1 Å². The summed E-state index contributed by atoms with van der Waals surface area (Å²) in [6, 6.07) is 4.30. The van der Waals surface area contributed by atoms with E-state index in [0.717, 1.165) is 0 Å². The van der Waals surface area contributed by atoms with E-state index in [2.05, 4.69) is 15.1 Å². The first-order valence-corrected chi connectivity index (χ1v) is 12.9. The predicted molar refractivity (Wildman–Crippen MR) is 134 cm³/mol. The van der Waals surface area contributed by atoms with E-state index in [1.54, 1.807) is 34.6 Å². The Morgan fingerprint density at radius 2 is 1.77 bits per heavy atom. The lowest BCUT2D eigenvalue weighted by Crippen LogP contribution is -2.40. The summed E-state index contributed by atoms with van der Waals surface area (Å²) in [4.78, 5) is 23.9. The predicted octanol–water partition coefficient (Wildman–Crippen LogP) is 4.50. The van der Waals surface area contributed by atoms with Crippen molar-refractivity contribution >= 4 is 27.6 Å². The van der Waals surface area contributed by atoms with Crippen molar-refractivity contribution in [2.45, 2.75) is 84.7 Å². The summed E-state index contributed by atoms with van der Waals surface area (Å²) >= 11 is 0. The Morgan fingerprint density at radius 3 is 2.26 bits per heavy atom. The molecule has 0 radical (unpaired) electrons. The van der Waals surface area contributed by atoms with Crippen molar-refractivity contribution in [1.29, 1.82) is 0 Å². The molecular formula is C24H36N4O6S. The molecule has 0 spiro atoms. The van der Waals surface area contributed by atoms with Gasteiger partial charge in [0.15, 0.2) is 5.69 Å².